The fourth-order valence-corrected chi connectivity index (χ4v) is 3.92. The predicted octanol–water partition coefficient (Wildman–Crippen LogP) is 1.56. The topological polar surface area (TPSA) is 87.2 Å². The van der Waals surface area contributed by atoms with Crippen LogP contribution in [0.4, 0.5) is 0 Å². The zero-order valence-electron chi connectivity index (χ0n) is 15.3. The van der Waals surface area contributed by atoms with Crippen LogP contribution < -0.4 is 16.6 Å². The maximum atomic E-state index is 12.3. The number of aromatic amines is 1. The summed E-state index contributed by atoms with van der Waals surface area (Å²) in [6.07, 6.45) is 0.153. The molecule has 1 atom stereocenters. The Balaban J connectivity index is 1.67. The Kier molecular flexibility index (Phi) is 5.88. The Hall–Kier alpha value is -2.71. The van der Waals surface area contributed by atoms with Gasteiger partial charge in [0, 0.05) is 24.4 Å². The van der Waals surface area contributed by atoms with Gasteiger partial charge in [0.1, 0.15) is 0 Å². The third-order valence-electron chi connectivity index (χ3n) is 4.46. The number of likely N-dealkylation sites (N-methyl/N-ethyl adjacent to an activating group) is 1. The molecule has 0 aliphatic carbocycles. The number of H-pyrrole nitrogens is 1. The van der Waals surface area contributed by atoms with Crippen LogP contribution in [0, 0.1) is 0 Å². The third-order valence-corrected chi connectivity index (χ3v) is 5.43. The molecule has 142 valence electrons. The van der Waals surface area contributed by atoms with E-state index in [0.717, 1.165) is 0 Å². The summed E-state index contributed by atoms with van der Waals surface area (Å²) in [6, 6.07) is 11.0. The second-order valence-corrected chi connectivity index (χ2v) is 7.46. The average molecular weight is 386 g/mol. The number of nitrogens with one attached hydrogen (secondary N) is 2. The molecule has 0 fully saturated rings. The van der Waals surface area contributed by atoms with E-state index in [4.69, 9.17) is 0 Å². The molecule has 2 N–H and O–H groups in total. The van der Waals surface area contributed by atoms with Gasteiger partial charge < -0.3 is 10.2 Å². The standard InChI is InChI=1S/C19H22N4O3S/c1-22(2)15(16-8-5-11-27-16)12-20-17(24)9-10-23-14-7-4-3-6-13(14)18(25)21-19(23)26/h3-8,11,15H,9-10,12H2,1-2H3,(H,20,24)(H,21,25,26)/t15-/m1/s1. The fourth-order valence-electron chi connectivity index (χ4n) is 3.00. The van der Waals surface area contributed by atoms with Crippen LogP contribution in [0.5, 0.6) is 0 Å². The molecular formula is C19H22N4O3S. The van der Waals surface area contributed by atoms with Gasteiger partial charge in [-0.25, -0.2) is 4.79 Å². The van der Waals surface area contributed by atoms with Crippen LogP contribution in [0.2, 0.25) is 0 Å². The highest BCUT2D eigenvalue weighted by Crippen LogP contribution is 2.22. The number of amides is 1. The highest BCUT2D eigenvalue weighted by atomic mass is 32.1. The number of hydrogen-bond donors (Lipinski definition) is 2. The van der Waals surface area contributed by atoms with Crippen molar-refractivity contribution in [2.75, 3.05) is 20.6 Å². The van der Waals surface area contributed by atoms with Crippen LogP contribution >= 0.6 is 11.3 Å². The second kappa shape index (κ2) is 8.32. The molecule has 0 radical (unpaired) electrons. The van der Waals surface area contributed by atoms with E-state index in [0.29, 0.717) is 17.4 Å². The van der Waals surface area contributed by atoms with Gasteiger partial charge in [0.2, 0.25) is 5.91 Å². The maximum absolute atomic E-state index is 12.3. The molecule has 0 saturated heterocycles. The molecule has 2 heterocycles. The van der Waals surface area contributed by atoms with Crippen molar-refractivity contribution < 1.29 is 4.79 Å². The normalized spacial score (nSPS) is 12.4. The molecule has 0 unspecified atom stereocenters. The largest absolute Gasteiger partial charge is 0.354 e. The SMILES string of the molecule is CN(C)[C@H](CNC(=O)CCn1c(=O)[nH]c(=O)c2ccccc21)c1cccs1. The smallest absolute Gasteiger partial charge is 0.328 e. The van der Waals surface area contributed by atoms with Crippen molar-refractivity contribution in [3.8, 4) is 0 Å². The lowest BCUT2D eigenvalue weighted by Crippen LogP contribution is -2.36. The summed E-state index contributed by atoms with van der Waals surface area (Å²) >= 11 is 1.65. The molecule has 1 amide bonds. The quantitative estimate of drug-likeness (QED) is 0.645. The van der Waals surface area contributed by atoms with E-state index in [1.165, 1.54) is 9.44 Å². The van der Waals surface area contributed by atoms with Crippen LogP contribution in [0.15, 0.2) is 51.4 Å². The van der Waals surface area contributed by atoms with Gasteiger partial charge in [-0.05, 0) is 37.7 Å². The zero-order chi connectivity index (χ0) is 19.4. The molecule has 3 aromatic rings. The van der Waals surface area contributed by atoms with E-state index >= 15 is 0 Å². The lowest BCUT2D eigenvalue weighted by atomic mass is 10.2. The van der Waals surface area contributed by atoms with Crippen molar-refractivity contribution >= 4 is 28.1 Å². The number of nitrogens with zero attached hydrogens (tertiary/aromatic N) is 2. The van der Waals surface area contributed by atoms with Crippen molar-refractivity contribution in [2.45, 2.75) is 19.0 Å². The van der Waals surface area contributed by atoms with Gasteiger partial charge in [-0.3, -0.25) is 19.1 Å². The van der Waals surface area contributed by atoms with Crippen molar-refractivity contribution in [3.05, 3.63) is 67.5 Å². The Morgan fingerprint density at radius 3 is 2.70 bits per heavy atom. The van der Waals surface area contributed by atoms with Gasteiger partial charge >= 0.3 is 5.69 Å². The van der Waals surface area contributed by atoms with Gasteiger partial charge in [-0.1, -0.05) is 18.2 Å². The first-order chi connectivity index (χ1) is 13.0. The Morgan fingerprint density at radius 1 is 1.22 bits per heavy atom. The number of aryl methyl sites for hydroxylation is 1. The van der Waals surface area contributed by atoms with Crippen LogP contribution in [0.1, 0.15) is 17.3 Å². The summed E-state index contributed by atoms with van der Waals surface area (Å²) in [4.78, 5) is 41.9. The van der Waals surface area contributed by atoms with Crippen LogP contribution in [0.3, 0.4) is 0 Å². The molecule has 8 heteroatoms. The summed E-state index contributed by atoms with van der Waals surface area (Å²) in [5.74, 6) is -0.138. The number of fused-ring (bicyclic) bond motifs is 1. The van der Waals surface area contributed by atoms with E-state index < -0.39 is 11.2 Å². The molecule has 0 saturated carbocycles. The van der Waals surface area contributed by atoms with Gasteiger partial charge in [0.25, 0.3) is 5.56 Å². The zero-order valence-corrected chi connectivity index (χ0v) is 16.1. The number of para-hydroxylation sites is 1. The van der Waals surface area contributed by atoms with Crippen LogP contribution in [-0.4, -0.2) is 41.0 Å². The fraction of sp³-hybridized carbons (Fsp3) is 0.316. The van der Waals surface area contributed by atoms with Crippen molar-refractivity contribution in [1.82, 2.24) is 19.8 Å². The van der Waals surface area contributed by atoms with Gasteiger partial charge in [-0.2, -0.15) is 0 Å². The molecule has 1 aromatic carbocycles. The third kappa shape index (κ3) is 4.35. The molecular weight excluding hydrogens is 364 g/mol. The maximum Gasteiger partial charge on any atom is 0.328 e. The van der Waals surface area contributed by atoms with Gasteiger partial charge in [-0.15, -0.1) is 11.3 Å². The van der Waals surface area contributed by atoms with Crippen molar-refractivity contribution in [2.24, 2.45) is 0 Å². The Labute approximate surface area is 160 Å². The van der Waals surface area contributed by atoms with Crippen molar-refractivity contribution in [1.29, 1.82) is 0 Å². The number of carbonyl (C=O) groups is 1. The average Bonchev–Trinajstić information content (AvgIpc) is 3.15. The molecule has 3 rings (SSSR count). The molecule has 27 heavy (non-hydrogen) atoms. The number of aromatic nitrogens is 2. The number of thiophene rings is 1. The highest BCUT2D eigenvalue weighted by Gasteiger charge is 2.16. The minimum atomic E-state index is -0.503. The summed E-state index contributed by atoms with van der Waals surface area (Å²) in [5, 5.41) is 5.39. The summed E-state index contributed by atoms with van der Waals surface area (Å²) < 4.78 is 1.43. The second-order valence-electron chi connectivity index (χ2n) is 6.48. The monoisotopic (exact) mass is 386 g/mol. The minimum Gasteiger partial charge on any atom is -0.354 e. The molecule has 0 aliphatic heterocycles. The molecule has 0 spiro atoms. The first-order valence-corrected chi connectivity index (χ1v) is 9.53. The van der Waals surface area contributed by atoms with E-state index in [-0.39, 0.29) is 24.9 Å². The van der Waals surface area contributed by atoms with E-state index in [9.17, 15) is 14.4 Å². The lowest BCUT2D eigenvalue weighted by molar-refractivity contribution is -0.121. The van der Waals surface area contributed by atoms with Gasteiger partial charge in [0.05, 0.1) is 16.9 Å². The van der Waals surface area contributed by atoms with Crippen molar-refractivity contribution in [3.63, 3.8) is 0 Å². The summed E-state index contributed by atoms with van der Waals surface area (Å²) in [7, 11) is 3.95. The Morgan fingerprint density at radius 2 is 2.00 bits per heavy atom. The first-order valence-electron chi connectivity index (χ1n) is 8.65. The molecule has 0 aliphatic rings. The number of benzene rings is 1. The summed E-state index contributed by atoms with van der Waals surface area (Å²) in [6.45, 7) is 0.696. The first kappa shape index (κ1) is 19.1. The predicted molar refractivity (Wildman–Crippen MR) is 107 cm³/mol. The number of carbonyl (C=O) groups excluding carboxylic acids is 1. The van der Waals surface area contributed by atoms with E-state index in [1.54, 1.807) is 35.6 Å². The molecule has 7 nitrogen and oxygen atoms in total. The van der Waals surface area contributed by atoms with E-state index in [2.05, 4.69) is 15.2 Å². The molecule has 2 aromatic heterocycles. The lowest BCUT2D eigenvalue weighted by Gasteiger charge is -2.23. The van der Waals surface area contributed by atoms with Gasteiger partial charge in [0.15, 0.2) is 0 Å². The summed E-state index contributed by atoms with van der Waals surface area (Å²) in [5.41, 5.74) is -0.388. The van der Waals surface area contributed by atoms with Crippen LogP contribution in [-0.2, 0) is 11.3 Å². The highest BCUT2D eigenvalue weighted by molar-refractivity contribution is 7.10. The number of rotatable bonds is 7. The Bertz CT molecular complexity index is 1040. The van der Waals surface area contributed by atoms with Crippen LogP contribution in [0.25, 0.3) is 10.9 Å². The molecule has 0 bridgehead atoms. The van der Waals surface area contributed by atoms with E-state index in [1.807, 2.05) is 31.6 Å². The number of hydrogen-bond acceptors (Lipinski definition) is 5. The minimum absolute atomic E-state index is 0.102.